The number of nitrogens with zero attached hydrogens (tertiary/aromatic N) is 1. The van der Waals surface area contributed by atoms with E-state index in [1.807, 2.05) is 13.0 Å². The number of hydrogen-bond acceptors (Lipinski definition) is 4. The minimum Gasteiger partial charge on any atom is -0.493 e. The van der Waals surface area contributed by atoms with Crippen molar-refractivity contribution in [3.8, 4) is 5.75 Å². The Morgan fingerprint density at radius 1 is 1.42 bits per heavy atom. The summed E-state index contributed by atoms with van der Waals surface area (Å²) in [6.45, 7) is 4.79. The summed E-state index contributed by atoms with van der Waals surface area (Å²) < 4.78 is 5.50. The van der Waals surface area contributed by atoms with Crippen molar-refractivity contribution < 1.29 is 9.66 Å². The van der Waals surface area contributed by atoms with Crippen LogP contribution in [0.5, 0.6) is 5.75 Å². The fraction of sp³-hybridized carbons (Fsp3) is 0.571. The first-order chi connectivity index (χ1) is 9.08. The zero-order valence-corrected chi connectivity index (χ0v) is 11.4. The number of ether oxygens (including phenoxy) is 1. The number of nitro benzene ring substituents is 1. The van der Waals surface area contributed by atoms with Crippen LogP contribution < -0.4 is 10.1 Å². The van der Waals surface area contributed by atoms with Gasteiger partial charge < -0.3 is 10.1 Å². The predicted molar refractivity (Wildman–Crippen MR) is 74.7 cm³/mol. The number of hydrogen-bond donors (Lipinski definition) is 1. The lowest BCUT2D eigenvalue weighted by Crippen LogP contribution is -2.33. The van der Waals surface area contributed by atoms with Crippen molar-refractivity contribution in [3.05, 3.63) is 28.3 Å². The summed E-state index contributed by atoms with van der Waals surface area (Å²) in [5.74, 6) is 1.30. The molecule has 1 N–H and O–H groups in total. The lowest BCUT2D eigenvalue weighted by atomic mass is 9.82. The van der Waals surface area contributed by atoms with Crippen LogP contribution in [0.3, 0.4) is 0 Å². The number of nitrogens with one attached hydrogen (secondary N) is 1. The Balaban J connectivity index is 2.11. The maximum absolute atomic E-state index is 10.9. The highest BCUT2D eigenvalue weighted by molar-refractivity contribution is 5.57. The third kappa shape index (κ3) is 3.59. The highest BCUT2D eigenvalue weighted by Crippen LogP contribution is 2.32. The predicted octanol–water partition coefficient (Wildman–Crippen LogP) is 3.59. The van der Waals surface area contributed by atoms with Crippen LogP contribution in [0.1, 0.15) is 33.1 Å². The minimum absolute atomic E-state index is 0.0727. The van der Waals surface area contributed by atoms with E-state index in [0.29, 0.717) is 18.4 Å². The Labute approximate surface area is 113 Å². The van der Waals surface area contributed by atoms with Crippen molar-refractivity contribution in [1.29, 1.82) is 0 Å². The van der Waals surface area contributed by atoms with Crippen molar-refractivity contribution in [2.75, 3.05) is 11.9 Å². The average Bonchev–Trinajstić information content (AvgIpc) is 2.34. The van der Waals surface area contributed by atoms with Crippen LogP contribution in [0.25, 0.3) is 0 Å². The zero-order valence-electron chi connectivity index (χ0n) is 11.4. The van der Waals surface area contributed by atoms with E-state index in [2.05, 4.69) is 12.2 Å². The van der Waals surface area contributed by atoms with E-state index in [1.165, 1.54) is 6.07 Å². The maximum atomic E-state index is 10.9. The fourth-order valence-corrected chi connectivity index (χ4v) is 2.33. The van der Waals surface area contributed by atoms with Crippen LogP contribution in [0.2, 0.25) is 0 Å². The molecule has 0 spiro atoms. The number of anilines is 1. The van der Waals surface area contributed by atoms with Crippen LogP contribution in [0, 0.1) is 16.0 Å². The molecule has 0 atom stereocenters. The second kappa shape index (κ2) is 5.91. The summed E-state index contributed by atoms with van der Waals surface area (Å²) in [6.07, 6.45) is 3.12. The van der Waals surface area contributed by atoms with Crippen molar-refractivity contribution in [2.24, 2.45) is 5.92 Å². The van der Waals surface area contributed by atoms with Gasteiger partial charge in [0.05, 0.1) is 17.6 Å². The summed E-state index contributed by atoms with van der Waals surface area (Å²) in [4.78, 5) is 10.5. The molecule has 1 aliphatic rings. The van der Waals surface area contributed by atoms with Gasteiger partial charge in [0.1, 0.15) is 5.75 Å². The third-order valence-electron chi connectivity index (χ3n) is 3.32. The largest absolute Gasteiger partial charge is 0.493 e. The molecule has 1 saturated carbocycles. The standard InChI is InChI=1S/C14H20N2O3/c1-3-4-19-14-8-12(7-13(9-14)16(17)18)15-11-5-10(2)6-11/h7-11,15H,3-6H2,1-2H3. The molecule has 0 saturated heterocycles. The quantitative estimate of drug-likeness (QED) is 0.630. The van der Waals surface area contributed by atoms with Crippen molar-refractivity contribution in [1.82, 2.24) is 0 Å². The molecular formula is C14H20N2O3. The molecule has 1 aromatic rings. The molecule has 0 unspecified atom stereocenters. The van der Waals surface area contributed by atoms with Crippen LogP contribution >= 0.6 is 0 Å². The molecule has 1 aromatic carbocycles. The molecule has 0 bridgehead atoms. The second-order valence-electron chi connectivity index (χ2n) is 5.24. The fourth-order valence-electron chi connectivity index (χ4n) is 2.33. The molecule has 0 aliphatic heterocycles. The van der Waals surface area contributed by atoms with Crippen molar-refractivity contribution >= 4 is 11.4 Å². The van der Waals surface area contributed by atoms with Crippen LogP contribution in [0.15, 0.2) is 18.2 Å². The average molecular weight is 264 g/mol. The van der Waals surface area contributed by atoms with Crippen LogP contribution in [0.4, 0.5) is 11.4 Å². The van der Waals surface area contributed by atoms with Gasteiger partial charge in [0.2, 0.25) is 0 Å². The molecule has 1 aliphatic carbocycles. The molecule has 0 heterocycles. The summed E-state index contributed by atoms with van der Waals surface area (Å²) in [7, 11) is 0. The molecule has 1 fully saturated rings. The van der Waals surface area contributed by atoms with E-state index in [9.17, 15) is 10.1 Å². The normalized spacial score (nSPS) is 21.6. The first-order valence-electron chi connectivity index (χ1n) is 6.77. The molecule has 5 nitrogen and oxygen atoms in total. The molecule has 104 valence electrons. The van der Waals surface area contributed by atoms with Gasteiger partial charge in [-0.05, 0) is 25.2 Å². The molecular weight excluding hydrogens is 244 g/mol. The van der Waals surface area contributed by atoms with Crippen LogP contribution in [-0.4, -0.2) is 17.6 Å². The van der Waals surface area contributed by atoms with Gasteiger partial charge in [-0.15, -0.1) is 0 Å². The summed E-state index contributed by atoms with van der Waals surface area (Å²) >= 11 is 0. The lowest BCUT2D eigenvalue weighted by Gasteiger charge is -2.34. The Morgan fingerprint density at radius 2 is 2.16 bits per heavy atom. The molecule has 5 heteroatoms. The van der Waals surface area contributed by atoms with Crippen LogP contribution in [-0.2, 0) is 0 Å². The van der Waals surface area contributed by atoms with Gasteiger partial charge in [-0.3, -0.25) is 10.1 Å². The highest BCUT2D eigenvalue weighted by atomic mass is 16.6. The topological polar surface area (TPSA) is 64.4 Å². The summed E-state index contributed by atoms with van der Waals surface area (Å²) in [5.41, 5.74) is 0.848. The lowest BCUT2D eigenvalue weighted by molar-refractivity contribution is -0.384. The Bertz CT molecular complexity index is 456. The van der Waals surface area contributed by atoms with E-state index in [-0.39, 0.29) is 10.6 Å². The number of nitro groups is 1. The maximum Gasteiger partial charge on any atom is 0.275 e. The second-order valence-corrected chi connectivity index (χ2v) is 5.24. The van der Waals surface area contributed by atoms with Crippen molar-refractivity contribution in [3.63, 3.8) is 0 Å². The summed E-state index contributed by atoms with van der Waals surface area (Å²) in [5, 5.41) is 14.3. The Morgan fingerprint density at radius 3 is 2.74 bits per heavy atom. The van der Waals surface area contributed by atoms with Crippen molar-refractivity contribution in [2.45, 2.75) is 39.2 Å². The molecule has 0 aromatic heterocycles. The van der Waals surface area contributed by atoms with Gasteiger partial charge in [0, 0.05) is 23.9 Å². The molecule has 19 heavy (non-hydrogen) atoms. The number of rotatable bonds is 6. The van der Waals surface area contributed by atoms with Gasteiger partial charge in [-0.25, -0.2) is 0 Å². The van der Waals surface area contributed by atoms with Gasteiger partial charge in [0.15, 0.2) is 0 Å². The number of non-ortho nitro benzene ring substituents is 1. The SMILES string of the molecule is CCCOc1cc(NC2CC(C)C2)cc([N+](=O)[O-])c1. The minimum atomic E-state index is -0.382. The van der Waals surface area contributed by atoms with Gasteiger partial charge in [-0.2, -0.15) is 0 Å². The first kappa shape index (κ1) is 13.6. The highest BCUT2D eigenvalue weighted by Gasteiger charge is 2.25. The third-order valence-corrected chi connectivity index (χ3v) is 3.32. The Kier molecular flexibility index (Phi) is 4.24. The van der Waals surface area contributed by atoms with Gasteiger partial charge >= 0.3 is 0 Å². The molecule has 0 amide bonds. The van der Waals surface area contributed by atoms with E-state index in [4.69, 9.17) is 4.74 Å². The Hall–Kier alpha value is -1.78. The smallest absolute Gasteiger partial charge is 0.275 e. The van der Waals surface area contributed by atoms with E-state index >= 15 is 0 Å². The van der Waals surface area contributed by atoms with Gasteiger partial charge in [-0.1, -0.05) is 13.8 Å². The van der Waals surface area contributed by atoms with E-state index in [0.717, 1.165) is 30.9 Å². The summed E-state index contributed by atoms with van der Waals surface area (Å²) in [6, 6.07) is 5.31. The monoisotopic (exact) mass is 264 g/mol. The van der Waals surface area contributed by atoms with Gasteiger partial charge in [0.25, 0.3) is 5.69 Å². The number of benzene rings is 1. The van der Waals surface area contributed by atoms with E-state index in [1.54, 1.807) is 6.07 Å². The molecule has 2 rings (SSSR count). The zero-order chi connectivity index (χ0) is 13.8. The first-order valence-corrected chi connectivity index (χ1v) is 6.77. The molecule has 0 radical (unpaired) electrons. The van der Waals surface area contributed by atoms with E-state index < -0.39 is 0 Å².